The Balaban J connectivity index is 4.17. The Hall–Kier alpha value is -3.53. The van der Waals surface area contributed by atoms with Gasteiger partial charge >= 0.3 is 17.9 Å². The average Bonchev–Trinajstić information content (AvgIpc) is 3.44. The maximum atomic E-state index is 12.9. The molecule has 1 N–H and O–H groups in total. The molecule has 9 nitrogen and oxygen atoms in total. The van der Waals surface area contributed by atoms with Crippen LogP contribution in [0.15, 0.2) is 85.1 Å². The van der Waals surface area contributed by atoms with E-state index in [-0.39, 0.29) is 32.2 Å². The van der Waals surface area contributed by atoms with E-state index in [1.165, 1.54) is 173 Å². The fourth-order valence-corrected chi connectivity index (χ4v) is 9.53. The first-order chi connectivity index (χ1) is 39.6. The number of aliphatic carboxylic acids is 1. The third kappa shape index (κ3) is 63.9. The summed E-state index contributed by atoms with van der Waals surface area (Å²) < 4.78 is 23.0. The first-order valence-electron chi connectivity index (χ1n) is 33.8. The standard InChI is InChI=1S/C72H127NO8/c1-6-8-10-12-14-16-18-20-22-24-26-28-30-32-33-34-35-36-37-39-41-43-45-47-49-51-53-55-57-59-61-63-70(75)81-68(67-80-72(71(76)77)78-65-64-73(3,4)5)66-79-69(74)62-60-58-56-54-52-50-48-46-44-42-40-38-31-29-27-25-23-21-19-17-15-13-11-9-7-2/h8,10,14,16,20,22,26,28,32-33,35-36,39,41,68,72H,6-7,9,11-13,15,17-19,21,23-25,27,29-31,34,37-38,40,42-67H2,1-5H3/p+1/b10-8-,16-14-,22-20-,28-26-,33-32-,36-35-,41-39-. The lowest BCUT2D eigenvalue weighted by molar-refractivity contribution is -0.870. The summed E-state index contributed by atoms with van der Waals surface area (Å²) in [6, 6.07) is 0. The van der Waals surface area contributed by atoms with Crippen LogP contribution < -0.4 is 0 Å². The lowest BCUT2D eigenvalue weighted by Gasteiger charge is -2.25. The molecular formula is C72H128NO8+. The van der Waals surface area contributed by atoms with Gasteiger partial charge in [-0.05, 0) is 70.6 Å². The molecule has 0 aliphatic heterocycles. The van der Waals surface area contributed by atoms with Crippen LogP contribution in [-0.2, 0) is 33.3 Å². The minimum atomic E-state index is -1.52. The van der Waals surface area contributed by atoms with Gasteiger partial charge in [-0.2, -0.15) is 0 Å². The van der Waals surface area contributed by atoms with E-state index in [1.54, 1.807) is 0 Å². The Morgan fingerprint density at radius 3 is 1.05 bits per heavy atom. The highest BCUT2D eigenvalue weighted by molar-refractivity contribution is 5.71. The largest absolute Gasteiger partial charge is 0.477 e. The van der Waals surface area contributed by atoms with Crippen LogP contribution in [0.5, 0.6) is 0 Å². The zero-order valence-corrected chi connectivity index (χ0v) is 53.4. The summed E-state index contributed by atoms with van der Waals surface area (Å²) in [5, 5.41) is 9.74. The smallest absolute Gasteiger partial charge is 0.361 e. The third-order valence-corrected chi connectivity index (χ3v) is 14.7. The molecule has 0 aliphatic rings. The molecule has 0 radical (unpaired) electrons. The van der Waals surface area contributed by atoms with E-state index in [0.717, 1.165) is 89.9 Å². The molecule has 0 heterocycles. The van der Waals surface area contributed by atoms with E-state index in [4.69, 9.17) is 18.9 Å². The summed E-state index contributed by atoms with van der Waals surface area (Å²) in [6.07, 6.45) is 81.1. The molecule has 0 saturated heterocycles. The molecule has 2 atom stereocenters. The van der Waals surface area contributed by atoms with Gasteiger partial charge in [0.05, 0.1) is 34.4 Å². The first kappa shape index (κ1) is 77.5. The van der Waals surface area contributed by atoms with Crippen LogP contribution in [0.2, 0.25) is 0 Å². The fraction of sp³-hybridized carbons (Fsp3) is 0.764. The maximum absolute atomic E-state index is 12.9. The summed E-state index contributed by atoms with van der Waals surface area (Å²) in [7, 11) is 5.98. The van der Waals surface area contributed by atoms with E-state index in [1.807, 2.05) is 21.1 Å². The second kappa shape index (κ2) is 62.5. The van der Waals surface area contributed by atoms with Crippen LogP contribution in [0, 0.1) is 0 Å². The van der Waals surface area contributed by atoms with Gasteiger partial charge in [-0.3, -0.25) is 9.59 Å². The molecule has 81 heavy (non-hydrogen) atoms. The van der Waals surface area contributed by atoms with Crippen LogP contribution in [-0.4, -0.2) is 87.4 Å². The number of hydrogen-bond donors (Lipinski definition) is 1. The van der Waals surface area contributed by atoms with Gasteiger partial charge in [0.1, 0.15) is 13.2 Å². The lowest BCUT2D eigenvalue weighted by atomic mass is 10.0. The van der Waals surface area contributed by atoms with E-state index in [9.17, 15) is 19.5 Å². The second-order valence-corrected chi connectivity index (χ2v) is 23.8. The van der Waals surface area contributed by atoms with Gasteiger partial charge < -0.3 is 28.5 Å². The number of carboxylic acid groups (broad SMARTS) is 1. The van der Waals surface area contributed by atoms with Crippen LogP contribution in [0.25, 0.3) is 0 Å². The Kier molecular flexibility index (Phi) is 59.8. The normalized spacial score (nSPS) is 13.2. The molecule has 0 fully saturated rings. The van der Waals surface area contributed by atoms with E-state index in [0.29, 0.717) is 23.9 Å². The minimum Gasteiger partial charge on any atom is -0.477 e. The van der Waals surface area contributed by atoms with Crippen molar-refractivity contribution < 1.29 is 42.9 Å². The van der Waals surface area contributed by atoms with Crippen molar-refractivity contribution in [1.82, 2.24) is 0 Å². The number of nitrogens with zero attached hydrogens (tertiary/aromatic N) is 1. The van der Waals surface area contributed by atoms with Gasteiger partial charge in [0.15, 0.2) is 6.10 Å². The molecule has 0 aromatic carbocycles. The molecule has 0 rings (SSSR count). The highest BCUT2D eigenvalue weighted by atomic mass is 16.7. The second-order valence-electron chi connectivity index (χ2n) is 23.8. The van der Waals surface area contributed by atoms with Crippen molar-refractivity contribution in [3.63, 3.8) is 0 Å². The fourth-order valence-electron chi connectivity index (χ4n) is 9.53. The number of esters is 2. The molecular weight excluding hydrogens is 1010 g/mol. The average molecular weight is 1140 g/mol. The lowest BCUT2D eigenvalue weighted by Crippen LogP contribution is -2.40. The zero-order chi connectivity index (χ0) is 59.1. The minimum absolute atomic E-state index is 0.184. The number of allylic oxidation sites excluding steroid dienone is 14. The van der Waals surface area contributed by atoms with Crippen LogP contribution >= 0.6 is 0 Å². The van der Waals surface area contributed by atoms with Crippen LogP contribution in [0.4, 0.5) is 0 Å². The number of rotatable bonds is 62. The van der Waals surface area contributed by atoms with Gasteiger partial charge in [-0.1, -0.05) is 298 Å². The van der Waals surface area contributed by atoms with Gasteiger partial charge in [-0.25, -0.2) is 4.79 Å². The monoisotopic (exact) mass is 1130 g/mol. The summed E-state index contributed by atoms with van der Waals surface area (Å²) >= 11 is 0. The highest BCUT2D eigenvalue weighted by Crippen LogP contribution is 2.18. The zero-order valence-electron chi connectivity index (χ0n) is 53.4. The summed E-state index contributed by atoms with van der Waals surface area (Å²) in [4.78, 5) is 37.6. The molecule has 0 aromatic rings. The molecule has 0 aliphatic carbocycles. The van der Waals surface area contributed by atoms with Crippen molar-refractivity contribution in [2.45, 2.75) is 309 Å². The predicted molar refractivity (Wildman–Crippen MR) is 346 cm³/mol. The number of ether oxygens (including phenoxy) is 4. The van der Waals surface area contributed by atoms with Crippen LogP contribution in [0.3, 0.4) is 0 Å². The Bertz CT molecular complexity index is 1600. The van der Waals surface area contributed by atoms with Crippen molar-refractivity contribution >= 4 is 17.9 Å². The van der Waals surface area contributed by atoms with E-state index >= 15 is 0 Å². The third-order valence-electron chi connectivity index (χ3n) is 14.7. The van der Waals surface area contributed by atoms with E-state index < -0.39 is 24.3 Å². The molecule has 0 aromatic heterocycles. The molecule has 468 valence electrons. The van der Waals surface area contributed by atoms with Crippen LogP contribution in [0.1, 0.15) is 296 Å². The van der Waals surface area contributed by atoms with Crippen molar-refractivity contribution in [2.24, 2.45) is 0 Å². The number of carbonyl (C=O) groups excluding carboxylic acids is 2. The molecule has 0 spiro atoms. The Labute approximate surface area is 500 Å². The quantitative estimate of drug-likeness (QED) is 0.0211. The number of quaternary nitrogens is 1. The SMILES string of the molecule is CC/C=C\C/C=C\C/C=C\C/C=C\C/C=C\C/C=C\C/C=C\CCCCCCCCCCCC(=O)OC(COC(=O)CCCCCCCCCCCCCCCCCCCCCCCCCCC)COC(OCC[N+](C)(C)C)C(=O)O. The molecule has 0 bridgehead atoms. The Morgan fingerprint density at radius 1 is 0.383 bits per heavy atom. The predicted octanol–water partition coefficient (Wildman–Crippen LogP) is 20.7. The summed E-state index contributed by atoms with van der Waals surface area (Å²) in [5.74, 6) is -2.00. The van der Waals surface area contributed by atoms with Gasteiger partial charge in [0.25, 0.3) is 6.29 Å². The van der Waals surface area contributed by atoms with Crippen molar-refractivity contribution in [2.75, 3.05) is 47.5 Å². The van der Waals surface area contributed by atoms with E-state index in [2.05, 4.69) is 98.9 Å². The van der Waals surface area contributed by atoms with Crippen molar-refractivity contribution in [1.29, 1.82) is 0 Å². The van der Waals surface area contributed by atoms with Crippen molar-refractivity contribution in [3.8, 4) is 0 Å². The number of carbonyl (C=O) groups is 3. The summed E-state index contributed by atoms with van der Waals surface area (Å²) in [6.45, 7) is 4.79. The number of carboxylic acids is 1. The van der Waals surface area contributed by atoms with Gasteiger partial charge in [0.2, 0.25) is 0 Å². The molecule has 0 saturated carbocycles. The number of hydrogen-bond acceptors (Lipinski definition) is 7. The molecule has 0 amide bonds. The van der Waals surface area contributed by atoms with Crippen molar-refractivity contribution in [3.05, 3.63) is 85.1 Å². The first-order valence-corrected chi connectivity index (χ1v) is 33.8. The topological polar surface area (TPSA) is 108 Å². The number of unbranched alkanes of at least 4 members (excludes halogenated alkanes) is 33. The summed E-state index contributed by atoms with van der Waals surface area (Å²) in [5.41, 5.74) is 0. The van der Waals surface area contributed by atoms with Gasteiger partial charge in [-0.15, -0.1) is 0 Å². The molecule has 9 heteroatoms. The molecule has 2 unspecified atom stereocenters. The highest BCUT2D eigenvalue weighted by Gasteiger charge is 2.25. The number of likely N-dealkylation sites (N-methyl/N-ethyl adjacent to an activating group) is 1. The van der Waals surface area contributed by atoms with Gasteiger partial charge in [0, 0.05) is 12.8 Å². The maximum Gasteiger partial charge on any atom is 0.361 e. The Morgan fingerprint density at radius 2 is 0.704 bits per heavy atom.